The van der Waals surface area contributed by atoms with E-state index in [1.165, 1.54) is 12.1 Å². The Morgan fingerprint density at radius 3 is 2.74 bits per heavy atom. The van der Waals surface area contributed by atoms with Crippen LogP contribution >= 0.6 is 0 Å². The number of nitrogens with zero attached hydrogens (tertiary/aromatic N) is 3. The van der Waals surface area contributed by atoms with Crippen LogP contribution in [0.1, 0.15) is 18.2 Å². The summed E-state index contributed by atoms with van der Waals surface area (Å²) in [5.74, 6) is -0.0222. The van der Waals surface area contributed by atoms with Crippen molar-refractivity contribution in [1.29, 1.82) is 0 Å². The number of hydrogen-bond donors (Lipinski definition) is 2. The van der Waals surface area contributed by atoms with Crippen LogP contribution in [0, 0.1) is 12.7 Å². The zero-order valence-electron chi connectivity index (χ0n) is 10.4. The number of anilines is 1. The normalized spacial score (nSPS) is 11.4. The van der Waals surface area contributed by atoms with Crippen molar-refractivity contribution in [1.82, 2.24) is 15.2 Å². The minimum Gasteiger partial charge on any atom is -0.259 e. The van der Waals surface area contributed by atoms with Gasteiger partial charge in [0, 0.05) is 0 Å². The fourth-order valence-corrected chi connectivity index (χ4v) is 1.39. The zero-order valence-corrected chi connectivity index (χ0v) is 10.4. The van der Waals surface area contributed by atoms with Gasteiger partial charge in [0.05, 0.1) is 5.71 Å². The second kappa shape index (κ2) is 5.38. The molecule has 7 heteroatoms. The highest BCUT2D eigenvalue weighted by molar-refractivity contribution is 5.98. The highest BCUT2D eigenvalue weighted by Crippen LogP contribution is 2.07. The second-order valence-electron chi connectivity index (χ2n) is 3.89. The molecule has 0 saturated heterocycles. The number of hydrogen-bond acceptors (Lipinski definition) is 5. The van der Waals surface area contributed by atoms with Crippen molar-refractivity contribution in [3.8, 4) is 0 Å². The van der Waals surface area contributed by atoms with E-state index in [-0.39, 0.29) is 11.6 Å². The van der Waals surface area contributed by atoms with Crippen LogP contribution in [-0.4, -0.2) is 20.9 Å². The lowest BCUT2D eigenvalue weighted by molar-refractivity contribution is 0.628. The molecular weight excluding hydrogens is 249 g/mol. The predicted molar refractivity (Wildman–Crippen MR) is 69.6 cm³/mol. The molecule has 6 nitrogen and oxygen atoms in total. The Bertz CT molecular complexity index is 663. The summed E-state index contributed by atoms with van der Waals surface area (Å²) in [6.45, 7) is 3.45. The number of hydrazone groups is 1. The summed E-state index contributed by atoms with van der Waals surface area (Å²) in [5, 5.41) is 10.1. The highest BCUT2D eigenvalue weighted by Gasteiger charge is 2.02. The number of benzene rings is 1. The molecule has 1 aromatic heterocycles. The third-order valence-electron chi connectivity index (χ3n) is 2.47. The van der Waals surface area contributed by atoms with Gasteiger partial charge in [-0.1, -0.05) is 12.1 Å². The number of aromatic amines is 1. The molecule has 0 radical (unpaired) electrons. The Morgan fingerprint density at radius 1 is 1.37 bits per heavy atom. The van der Waals surface area contributed by atoms with E-state index in [9.17, 15) is 9.18 Å². The van der Waals surface area contributed by atoms with E-state index in [0.29, 0.717) is 11.4 Å². The summed E-state index contributed by atoms with van der Waals surface area (Å²) >= 11 is 0. The number of aromatic nitrogens is 3. The van der Waals surface area contributed by atoms with E-state index in [4.69, 9.17) is 0 Å². The minimum atomic E-state index is -0.553. The maximum absolute atomic E-state index is 12.8. The van der Waals surface area contributed by atoms with E-state index >= 15 is 0 Å². The zero-order chi connectivity index (χ0) is 13.8. The first kappa shape index (κ1) is 12.9. The molecule has 0 spiro atoms. The van der Waals surface area contributed by atoms with Gasteiger partial charge in [0.1, 0.15) is 11.5 Å². The molecule has 0 saturated carbocycles. The summed E-state index contributed by atoms with van der Waals surface area (Å²) in [6, 6.07) is 5.94. The van der Waals surface area contributed by atoms with Gasteiger partial charge in [-0.3, -0.25) is 5.43 Å². The molecule has 0 aliphatic rings. The molecule has 2 aromatic rings. The molecule has 0 fully saturated rings. The smallest absolute Gasteiger partial charge is 0.259 e. The third kappa shape index (κ3) is 3.21. The summed E-state index contributed by atoms with van der Waals surface area (Å²) in [7, 11) is 0. The minimum absolute atomic E-state index is 0.283. The number of rotatable bonds is 3. The van der Waals surface area contributed by atoms with Crippen LogP contribution in [0.25, 0.3) is 0 Å². The Hall–Kier alpha value is -2.57. The summed E-state index contributed by atoms with van der Waals surface area (Å²) in [5.41, 5.74) is 4.05. The molecule has 0 unspecified atom stereocenters. The van der Waals surface area contributed by atoms with Gasteiger partial charge in [0.2, 0.25) is 0 Å². The van der Waals surface area contributed by atoms with Crippen molar-refractivity contribution in [2.75, 3.05) is 5.43 Å². The molecule has 19 heavy (non-hydrogen) atoms. The van der Waals surface area contributed by atoms with Crippen LogP contribution in [-0.2, 0) is 0 Å². The standard InChI is InChI=1S/C12H12FN5O/c1-7(9-3-5-10(13)6-4-9)15-17-11-8(2)16-18-12(19)14-11/h3-6H,1-2H3,(H2,14,17,18,19)/b15-7+. The molecule has 0 atom stereocenters. The summed E-state index contributed by atoms with van der Waals surface area (Å²) in [6.07, 6.45) is 0. The van der Waals surface area contributed by atoms with Crippen LogP contribution in [0.2, 0.25) is 0 Å². The van der Waals surface area contributed by atoms with Crippen LogP contribution in [0.5, 0.6) is 0 Å². The van der Waals surface area contributed by atoms with Crippen molar-refractivity contribution >= 4 is 11.5 Å². The molecule has 2 N–H and O–H groups in total. The largest absolute Gasteiger partial charge is 0.363 e. The average molecular weight is 261 g/mol. The van der Waals surface area contributed by atoms with Crippen LogP contribution < -0.4 is 11.1 Å². The number of H-pyrrole nitrogens is 1. The number of nitrogens with one attached hydrogen (secondary N) is 2. The van der Waals surface area contributed by atoms with Gasteiger partial charge in [0.15, 0.2) is 5.82 Å². The molecule has 2 rings (SSSR count). The molecule has 98 valence electrons. The lowest BCUT2D eigenvalue weighted by Gasteiger charge is -2.04. The Labute approximate surface area is 108 Å². The maximum atomic E-state index is 12.8. The fourth-order valence-electron chi connectivity index (χ4n) is 1.39. The molecule has 1 aromatic carbocycles. The van der Waals surface area contributed by atoms with E-state index < -0.39 is 5.69 Å². The number of aryl methyl sites for hydroxylation is 1. The predicted octanol–water partition coefficient (Wildman–Crippen LogP) is 1.45. The lowest BCUT2D eigenvalue weighted by Crippen LogP contribution is -2.16. The van der Waals surface area contributed by atoms with Crippen molar-refractivity contribution < 1.29 is 4.39 Å². The van der Waals surface area contributed by atoms with Crippen molar-refractivity contribution in [3.05, 3.63) is 51.8 Å². The molecule has 0 bridgehead atoms. The first-order valence-corrected chi connectivity index (χ1v) is 5.56. The van der Waals surface area contributed by atoms with Gasteiger partial charge in [-0.25, -0.2) is 14.3 Å². The van der Waals surface area contributed by atoms with Gasteiger partial charge in [-0.2, -0.15) is 15.2 Å². The Balaban J connectivity index is 2.20. The van der Waals surface area contributed by atoms with Crippen molar-refractivity contribution in [2.45, 2.75) is 13.8 Å². The van der Waals surface area contributed by atoms with E-state index in [1.807, 2.05) is 0 Å². The van der Waals surface area contributed by atoms with Crippen molar-refractivity contribution in [2.24, 2.45) is 5.10 Å². The van der Waals surface area contributed by atoms with Crippen LogP contribution in [0.4, 0.5) is 10.2 Å². The molecule has 0 amide bonds. The first-order chi connectivity index (χ1) is 9.06. The molecule has 1 heterocycles. The molecule has 0 aliphatic heterocycles. The molecular formula is C12H12FN5O. The monoisotopic (exact) mass is 261 g/mol. The lowest BCUT2D eigenvalue weighted by atomic mass is 10.1. The van der Waals surface area contributed by atoms with Gasteiger partial charge in [0.25, 0.3) is 0 Å². The molecule has 0 aliphatic carbocycles. The SMILES string of the molecule is C/C(=N\Nc1nc(=O)[nH]nc1C)c1ccc(F)cc1. The second-order valence-corrected chi connectivity index (χ2v) is 3.89. The summed E-state index contributed by atoms with van der Waals surface area (Å²) in [4.78, 5) is 14.7. The third-order valence-corrected chi connectivity index (χ3v) is 2.47. The van der Waals surface area contributed by atoms with Crippen molar-refractivity contribution in [3.63, 3.8) is 0 Å². The number of halogens is 1. The van der Waals surface area contributed by atoms with Gasteiger partial charge in [-0.05, 0) is 31.5 Å². The topological polar surface area (TPSA) is 83.0 Å². The summed E-state index contributed by atoms with van der Waals surface area (Å²) < 4.78 is 12.8. The average Bonchev–Trinajstić information content (AvgIpc) is 2.40. The van der Waals surface area contributed by atoms with E-state index in [2.05, 4.69) is 25.7 Å². The van der Waals surface area contributed by atoms with Crippen LogP contribution in [0.3, 0.4) is 0 Å². The van der Waals surface area contributed by atoms with Crippen LogP contribution in [0.15, 0.2) is 34.2 Å². The van der Waals surface area contributed by atoms with Gasteiger partial charge >= 0.3 is 5.69 Å². The van der Waals surface area contributed by atoms with Gasteiger partial charge < -0.3 is 0 Å². The Kier molecular flexibility index (Phi) is 3.65. The van der Waals surface area contributed by atoms with Gasteiger partial charge in [-0.15, -0.1) is 0 Å². The Morgan fingerprint density at radius 2 is 2.05 bits per heavy atom. The first-order valence-electron chi connectivity index (χ1n) is 5.56. The van der Waals surface area contributed by atoms with E-state index in [0.717, 1.165) is 5.56 Å². The maximum Gasteiger partial charge on any atom is 0.363 e. The highest BCUT2D eigenvalue weighted by atomic mass is 19.1. The quantitative estimate of drug-likeness (QED) is 0.647. The fraction of sp³-hybridized carbons (Fsp3) is 0.167. The van der Waals surface area contributed by atoms with E-state index in [1.54, 1.807) is 26.0 Å².